The predicted octanol–water partition coefficient (Wildman–Crippen LogP) is 0.327. The van der Waals surface area contributed by atoms with Crippen molar-refractivity contribution in [3.63, 3.8) is 0 Å². The Morgan fingerprint density at radius 3 is 2.33 bits per heavy atom. The van der Waals surface area contributed by atoms with E-state index >= 15 is 0 Å². The van der Waals surface area contributed by atoms with Crippen molar-refractivity contribution in [3.05, 3.63) is 24.3 Å². The van der Waals surface area contributed by atoms with Crippen LogP contribution in [0.5, 0.6) is 5.75 Å². The molecule has 0 aliphatic rings. The predicted molar refractivity (Wildman–Crippen MR) is 44.5 cm³/mol. The fourth-order valence-corrected chi connectivity index (χ4v) is 1.82. The van der Waals surface area contributed by atoms with Gasteiger partial charge in [-0.3, -0.25) is 9.08 Å². The van der Waals surface area contributed by atoms with Gasteiger partial charge in [-0.2, -0.15) is 8.42 Å². The third-order valence-corrected chi connectivity index (χ3v) is 2.54. The summed E-state index contributed by atoms with van der Waals surface area (Å²) >= 11 is 0. The fourth-order valence-electron chi connectivity index (χ4n) is 0.819. The van der Waals surface area contributed by atoms with E-state index in [4.69, 9.17) is 4.55 Å². The molecule has 1 atom stereocenters. The molecule has 9 heteroatoms. The van der Waals surface area contributed by atoms with Crippen LogP contribution in [0.2, 0.25) is 0 Å². The Labute approximate surface area is 106 Å². The first-order valence-electron chi connectivity index (χ1n) is 3.30. The van der Waals surface area contributed by atoms with Gasteiger partial charge in [-0.25, -0.2) is 0 Å². The molecule has 0 aromatic heterocycles. The summed E-state index contributed by atoms with van der Waals surface area (Å²) in [6.45, 7) is 0. The summed E-state index contributed by atoms with van der Waals surface area (Å²) in [6.07, 6.45) is 0. The van der Waals surface area contributed by atoms with Crippen molar-refractivity contribution in [2.75, 3.05) is 0 Å². The molecule has 0 fully saturated rings. The average molecular weight is 327 g/mol. The second-order valence-corrected chi connectivity index (χ2v) is 4.26. The maximum atomic E-state index is 10.7. The molecule has 0 saturated carbocycles. The summed E-state index contributed by atoms with van der Waals surface area (Å²) in [5.41, 5.74) is 0. The van der Waals surface area contributed by atoms with E-state index in [0.717, 1.165) is 12.1 Å². The molecule has 0 radical (unpaired) electrons. The molecule has 78 valence electrons. The van der Waals surface area contributed by atoms with E-state index in [1.54, 1.807) is 0 Å². The Bertz CT molecular complexity index is 458. The molecule has 0 spiro atoms. The van der Waals surface area contributed by atoms with Crippen molar-refractivity contribution in [1.29, 1.82) is 0 Å². The van der Waals surface area contributed by atoms with Crippen LogP contribution in [0, 0.1) is 0 Å². The van der Waals surface area contributed by atoms with Crippen molar-refractivity contribution in [3.8, 4) is 5.75 Å². The third kappa shape index (κ3) is 4.49. The molecule has 1 aromatic rings. The van der Waals surface area contributed by atoms with Gasteiger partial charge in [0, 0.05) is 0 Å². The van der Waals surface area contributed by atoms with E-state index in [2.05, 4.69) is 4.52 Å². The van der Waals surface area contributed by atoms with Crippen molar-refractivity contribution in [2.24, 2.45) is 0 Å². The maximum Gasteiger partial charge on any atom is 2.00 e. The summed E-state index contributed by atoms with van der Waals surface area (Å²) in [7, 11) is -7.69. The molecular weight excluding hydrogens is 322 g/mol. The van der Waals surface area contributed by atoms with Crippen molar-refractivity contribution in [1.82, 2.24) is 0 Å². The molecule has 0 saturated heterocycles. The Hall–Kier alpha value is -0.127. The number of hydrogen-bond acceptors (Lipinski definition) is 5. The molecule has 0 bridgehead atoms. The first kappa shape index (κ1) is 14.9. The van der Waals surface area contributed by atoms with Gasteiger partial charge in [0.2, 0.25) is 5.75 Å². The van der Waals surface area contributed by atoms with Gasteiger partial charge in [0.15, 0.2) is 0 Å². The average Bonchev–Trinajstić information content (AvgIpc) is 2.01. The summed E-state index contributed by atoms with van der Waals surface area (Å²) in [6, 6.07) is 4.86. The molecule has 0 amide bonds. The third-order valence-electron chi connectivity index (χ3n) is 1.30. The molecular formula is C6H5O6PSZr+2. The van der Waals surface area contributed by atoms with E-state index in [-0.39, 0.29) is 26.2 Å². The van der Waals surface area contributed by atoms with Crippen LogP contribution in [0.3, 0.4) is 0 Å². The normalized spacial score (nSPS) is 11.5. The summed E-state index contributed by atoms with van der Waals surface area (Å²) in [4.78, 5) is 9.60. The van der Waals surface area contributed by atoms with Gasteiger partial charge >= 0.3 is 34.5 Å². The Kier molecular flexibility index (Phi) is 5.77. The first-order valence-corrected chi connectivity index (χ1v) is 5.83. The van der Waals surface area contributed by atoms with Crippen LogP contribution in [0.4, 0.5) is 0 Å². The van der Waals surface area contributed by atoms with Crippen LogP contribution < -0.4 is 9.42 Å². The van der Waals surface area contributed by atoms with Gasteiger partial charge in [-0.05, 0) is 16.7 Å². The van der Waals surface area contributed by atoms with E-state index in [1.807, 2.05) is 0 Å². The van der Waals surface area contributed by atoms with E-state index < -0.39 is 29.0 Å². The van der Waals surface area contributed by atoms with Crippen LogP contribution in [-0.4, -0.2) is 13.0 Å². The summed E-state index contributed by atoms with van der Waals surface area (Å²) in [5.74, 6) is -0.425. The van der Waals surface area contributed by atoms with Crippen molar-refractivity contribution < 1.29 is 53.2 Å². The Morgan fingerprint density at radius 1 is 1.33 bits per heavy atom. The fraction of sp³-hybridized carbons (Fsp3) is 0. The van der Waals surface area contributed by atoms with E-state index in [0.29, 0.717) is 0 Å². The number of hydrogen-bond donors (Lipinski definition) is 1. The van der Waals surface area contributed by atoms with Gasteiger partial charge in [0.1, 0.15) is 4.90 Å². The van der Waals surface area contributed by atoms with Crippen LogP contribution in [-0.2, 0) is 40.9 Å². The molecule has 1 N–H and O–H groups in total. The molecule has 0 aliphatic heterocycles. The van der Waals surface area contributed by atoms with Crippen LogP contribution in [0.1, 0.15) is 0 Å². The Morgan fingerprint density at radius 2 is 1.87 bits per heavy atom. The molecule has 1 aromatic carbocycles. The van der Waals surface area contributed by atoms with Crippen molar-refractivity contribution in [2.45, 2.75) is 4.90 Å². The Balaban J connectivity index is 0.00000196. The molecule has 1 unspecified atom stereocenters. The summed E-state index contributed by atoms with van der Waals surface area (Å²) in [5, 5.41) is 0. The van der Waals surface area contributed by atoms with Gasteiger partial charge in [0.25, 0.3) is 10.1 Å². The topological polar surface area (TPSA) is 104 Å². The SMILES string of the molecule is O=[P+]([O-])Oc1ccccc1S(=O)(=O)O.[Zr+2]. The molecule has 0 heterocycles. The van der Waals surface area contributed by atoms with Crippen molar-refractivity contribution >= 4 is 18.4 Å². The van der Waals surface area contributed by atoms with E-state index in [1.165, 1.54) is 12.1 Å². The second kappa shape index (κ2) is 5.82. The largest absolute Gasteiger partial charge is 2.00 e. The molecule has 0 aliphatic carbocycles. The second-order valence-electron chi connectivity index (χ2n) is 2.24. The summed E-state index contributed by atoms with van der Waals surface area (Å²) < 4.78 is 44.5. The zero-order chi connectivity index (χ0) is 10.8. The van der Waals surface area contributed by atoms with E-state index in [9.17, 15) is 17.9 Å². The number of benzene rings is 1. The standard InChI is InChI=1S/C6H5O6PS.Zr/c7-13(8)12-5-3-1-2-4-6(5)14(9,10)11;/h1-4H,(H,9,10,11);/q;+2. The minimum Gasteiger partial charge on any atom is -0.558 e. The van der Waals surface area contributed by atoms with Gasteiger partial charge in [0.05, 0.1) is 0 Å². The number of para-hydroxylation sites is 1. The minimum absolute atomic E-state index is 0. The van der Waals surface area contributed by atoms with Gasteiger partial charge in [-0.1, -0.05) is 12.1 Å². The minimum atomic E-state index is -4.47. The van der Waals surface area contributed by atoms with Crippen LogP contribution in [0.15, 0.2) is 29.2 Å². The molecule has 6 nitrogen and oxygen atoms in total. The zero-order valence-corrected chi connectivity index (χ0v) is 11.3. The van der Waals surface area contributed by atoms with Crippen LogP contribution in [0.25, 0.3) is 0 Å². The van der Waals surface area contributed by atoms with Crippen LogP contribution >= 0.6 is 8.25 Å². The number of rotatable bonds is 3. The quantitative estimate of drug-likeness (QED) is 0.634. The van der Waals surface area contributed by atoms with Gasteiger partial charge < -0.3 is 4.89 Å². The smallest absolute Gasteiger partial charge is 0.558 e. The molecule has 1 rings (SSSR count). The maximum absolute atomic E-state index is 10.7. The first-order chi connectivity index (χ1) is 6.41. The zero-order valence-electron chi connectivity index (χ0n) is 7.15. The monoisotopic (exact) mass is 326 g/mol. The molecule has 15 heavy (non-hydrogen) atoms. The van der Waals surface area contributed by atoms with Gasteiger partial charge in [-0.15, -0.1) is 0 Å².